The van der Waals surface area contributed by atoms with E-state index in [4.69, 9.17) is 0 Å². The van der Waals surface area contributed by atoms with E-state index in [1.54, 1.807) is 18.3 Å². The van der Waals surface area contributed by atoms with Gasteiger partial charge in [-0.1, -0.05) is 19.9 Å². The van der Waals surface area contributed by atoms with Gasteiger partial charge in [0.1, 0.15) is 5.82 Å². The van der Waals surface area contributed by atoms with Crippen LogP contribution in [0.5, 0.6) is 0 Å². The van der Waals surface area contributed by atoms with Crippen LogP contribution in [0.15, 0.2) is 22.3 Å². The van der Waals surface area contributed by atoms with Crippen LogP contribution >= 0.6 is 11.3 Å². The van der Waals surface area contributed by atoms with E-state index in [-0.39, 0.29) is 16.9 Å². The van der Waals surface area contributed by atoms with Gasteiger partial charge in [-0.15, -0.1) is 11.3 Å². The summed E-state index contributed by atoms with van der Waals surface area (Å²) in [7, 11) is 0. The van der Waals surface area contributed by atoms with Crippen LogP contribution in [0.25, 0.3) is 0 Å². The van der Waals surface area contributed by atoms with Gasteiger partial charge in [0.05, 0.1) is 17.7 Å². The van der Waals surface area contributed by atoms with E-state index in [0.29, 0.717) is 25.3 Å². The van der Waals surface area contributed by atoms with Crippen LogP contribution in [0.2, 0.25) is 0 Å². The van der Waals surface area contributed by atoms with Crippen molar-refractivity contribution >= 4 is 17.2 Å². The van der Waals surface area contributed by atoms with Crippen LogP contribution in [0.4, 0.5) is 0 Å². The van der Waals surface area contributed by atoms with Crippen molar-refractivity contribution in [1.82, 2.24) is 14.9 Å². The Kier molecular flexibility index (Phi) is 3.26. The lowest BCUT2D eigenvalue weighted by atomic mass is 9.91. The second-order valence-corrected chi connectivity index (χ2v) is 8.44. The summed E-state index contributed by atoms with van der Waals surface area (Å²) in [5, 5.41) is 2.04. The number of carbonyl (C=O) groups excluding carboxylic acids is 1. The van der Waals surface area contributed by atoms with Gasteiger partial charge in [0.25, 0.3) is 5.56 Å². The van der Waals surface area contributed by atoms with Crippen molar-refractivity contribution in [2.75, 3.05) is 6.54 Å². The van der Waals surface area contributed by atoms with Gasteiger partial charge in [-0.25, -0.2) is 4.98 Å². The molecule has 24 heavy (non-hydrogen) atoms. The number of carbonyl (C=O) groups is 1. The fraction of sp³-hybridized carbons (Fsp3) is 0.500. The number of rotatable bonds is 2. The first-order valence-electron chi connectivity index (χ1n) is 8.27. The second kappa shape index (κ2) is 5.02. The minimum absolute atomic E-state index is 0.0211. The molecule has 0 spiro atoms. The summed E-state index contributed by atoms with van der Waals surface area (Å²) in [5.41, 5.74) is 0.978. The SMILES string of the molecule is Cc1nc2c(c(=O)[nH]1)CCN(C(=O)[C@]1(c3cccs3)CC1(C)C)C2. The van der Waals surface area contributed by atoms with E-state index >= 15 is 0 Å². The number of aromatic nitrogens is 2. The Hall–Kier alpha value is -1.95. The van der Waals surface area contributed by atoms with E-state index in [2.05, 4.69) is 29.9 Å². The summed E-state index contributed by atoms with van der Waals surface area (Å²) in [4.78, 5) is 35.7. The van der Waals surface area contributed by atoms with Crippen LogP contribution in [0, 0.1) is 12.3 Å². The highest BCUT2D eigenvalue weighted by molar-refractivity contribution is 7.10. The zero-order valence-corrected chi connectivity index (χ0v) is 15.0. The maximum atomic E-state index is 13.4. The van der Waals surface area contributed by atoms with Gasteiger partial charge in [-0.2, -0.15) is 0 Å². The highest BCUT2D eigenvalue weighted by atomic mass is 32.1. The average molecular weight is 343 g/mol. The van der Waals surface area contributed by atoms with Crippen molar-refractivity contribution < 1.29 is 4.79 Å². The molecule has 0 unspecified atom stereocenters. The average Bonchev–Trinajstić information content (AvgIpc) is 2.90. The summed E-state index contributed by atoms with van der Waals surface area (Å²) in [6.07, 6.45) is 1.45. The van der Waals surface area contributed by atoms with Crippen molar-refractivity contribution in [2.45, 2.75) is 45.6 Å². The molecule has 1 fully saturated rings. The van der Waals surface area contributed by atoms with Crippen molar-refractivity contribution in [3.8, 4) is 0 Å². The second-order valence-electron chi connectivity index (χ2n) is 7.50. The number of H-pyrrole nitrogens is 1. The first-order chi connectivity index (χ1) is 11.3. The molecule has 2 aliphatic rings. The number of hydrogen-bond donors (Lipinski definition) is 1. The molecule has 2 aromatic heterocycles. The van der Waals surface area contributed by atoms with Gasteiger partial charge in [-0.05, 0) is 36.6 Å². The molecule has 4 rings (SSSR count). The normalized spacial score (nSPS) is 24.5. The van der Waals surface area contributed by atoms with Crippen molar-refractivity contribution in [3.05, 3.63) is 49.8 Å². The Morgan fingerprint density at radius 3 is 2.79 bits per heavy atom. The molecular weight excluding hydrogens is 322 g/mol. The standard InChI is InChI=1S/C18H21N3O2S/c1-11-19-13-9-21(7-6-12(13)15(22)20-11)16(23)18(10-17(18,2)3)14-5-4-8-24-14/h4-5,8H,6-7,9-10H2,1-3H3,(H,19,20,22)/t18-/m1/s1. The minimum Gasteiger partial charge on any atom is -0.336 e. The lowest BCUT2D eigenvalue weighted by Gasteiger charge is -2.32. The highest BCUT2D eigenvalue weighted by Gasteiger charge is 2.68. The van der Waals surface area contributed by atoms with Crippen molar-refractivity contribution in [3.63, 3.8) is 0 Å². The first kappa shape index (κ1) is 15.6. The van der Waals surface area contributed by atoms with Crippen LogP contribution in [0.1, 0.15) is 42.2 Å². The molecule has 1 aliphatic carbocycles. The predicted octanol–water partition coefficient (Wildman–Crippen LogP) is 2.39. The molecule has 0 saturated heterocycles. The van der Waals surface area contributed by atoms with Crippen LogP contribution < -0.4 is 5.56 Å². The van der Waals surface area contributed by atoms with Crippen molar-refractivity contribution in [1.29, 1.82) is 0 Å². The van der Waals surface area contributed by atoms with Gasteiger partial charge in [0.2, 0.25) is 5.91 Å². The number of nitrogens with zero attached hydrogens (tertiary/aromatic N) is 2. The van der Waals surface area contributed by atoms with E-state index in [1.165, 1.54) is 0 Å². The molecule has 1 saturated carbocycles. The molecule has 0 radical (unpaired) electrons. The third-order valence-electron chi connectivity index (χ3n) is 5.52. The first-order valence-corrected chi connectivity index (χ1v) is 9.15. The molecule has 1 aliphatic heterocycles. The Balaban J connectivity index is 1.68. The maximum Gasteiger partial charge on any atom is 0.254 e. The lowest BCUT2D eigenvalue weighted by molar-refractivity contribution is -0.135. The molecule has 126 valence electrons. The molecule has 6 heteroatoms. The van der Waals surface area contributed by atoms with Gasteiger partial charge in [0.15, 0.2) is 0 Å². The number of aryl methyl sites for hydroxylation is 1. The van der Waals surface area contributed by atoms with E-state index < -0.39 is 5.41 Å². The molecule has 0 aromatic carbocycles. The van der Waals surface area contributed by atoms with Crippen LogP contribution in [-0.4, -0.2) is 27.3 Å². The van der Waals surface area contributed by atoms with Gasteiger partial charge in [0, 0.05) is 17.0 Å². The Morgan fingerprint density at radius 2 is 2.17 bits per heavy atom. The monoisotopic (exact) mass is 343 g/mol. The predicted molar refractivity (Wildman–Crippen MR) is 93.1 cm³/mol. The third kappa shape index (κ3) is 2.09. The maximum absolute atomic E-state index is 13.4. The zero-order valence-electron chi connectivity index (χ0n) is 14.2. The van der Waals surface area contributed by atoms with Crippen molar-refractivity contribution in [2.24, 2.45) is 5.41 Å². The Bertz CT molecular complexity index is 869. The van der Waals surface area contributed by atoms with E-state index in [9.17, 15) is 9.59 Å². The molecule has 2 aromatic rings. The molecule has 1 atom stereocenters. The minimum atomic E-state index is -0.408. The molecule has 3 heterocycles. The number of amides is 1. The molecule has 1 N–H and O–H groups in total. The Labute approximate surface area is 144 Å². The van der Waals surface area contributed by atoms with Crippen LogP contribution in [-0.2, 0) is 23.2 Å². The molecule has 5 nitrogen and oxygen atoms in total. The topological polar surface area (TPSA) is 66.1 Å². The molecule has 0 bridgehead atoms. The van der Waals surface area contributed by atoms with E-state index in [1.807, 2.05) is 16.3 Å². The summed E-state index contributed by atoms with van der Waals surface area (Å²) in [6.45, 7) is 7.12. The third-order valence-corrected chi connectivity index (χ3v) is 6.56. The number of fused-ring (bicyclic) bond motifs is 1. The zero-order chi connectivity index (χ0) is 17.1. The fourth-order valence-corrected chi connectivity index (χ4v) is 5.14. The van der Waals surface area contributed by atoms with Gasteiger partial charge < -0.3 is 9.88 Å². The fourth-order valence-electron chi connectivity index (χ4n) is 4.04. The summed E-state index contributed by atoms with van der Waals surface area (Å²) in [6, 6.07) is 4.09. The van der Waals surface area contributed by atoms with Gasteiger partial charge >= 0.3 is 0 Å². The summed E-state index contributed by atoms with van der Waals surface area (Å²) >= 11 is 1.66. The highest BCUT2D eigenvalue weighted by Crippen LogP contribution is 2.66. The van der Waals surface area contributed by atoms with Gasteiger partial charge in [-0.3, -0.25) is 9.59 Å². The summed E-state index contributed by atoms with van der Waals surface area (Å²) in [5.74, 6) is 0.785. The van der Waals surface area contributed by atoms with E-state index in [0.717, 1.165) is 22.6 Å². The summed E-state index contributed by atoms with van der Waals surface area (Å²) < 4.78 is 0. The molecular formula is C18H21N3O2S. The number of thiophene rings is 1. The number of aromatic amines is 1. The quantitative estimate of drug-likeness (QED) is 0.910. The smallest absolute Gasteiger partial charge is 0.254 e. The number of hydrogen-bond acceptors (Lipinski definition) is 4. The molecule has 1 amide bonds. The largest absolute Gasteiger partial charge is 0.336 e. The Morgan fingerprint density at radius 1 is 1.42 bits per heavy atom. The van der Waals surface area contributed by atoms with Crippen LogP contribution in [0.3, 0.4) is 0 Å². The lowest BCUT2D eigenvalue weighted by Crippen LogP contribution is -2.45. The number of nitrogens with one attached hydrogen (secondary N) is 1.